The number of aromatic nitrogens is 2. The Morgan fingerprint density at radius 3 is 2.30 bits per heavy atom. The van der Waals surface area contributed by atoms with E-state index in [1.165, 1.54) is 17.2 Å². The first kappa shape index (κ1) is 25.0. The summed E-state index contributed by atoms with van der Waals surface area (Å²) in [7, 11) is 0. The molecular weight excluding hydrogens is 458 g/mol. The van der Waals surface area contributed by atoms with E-state index in [-0.39, 0.29) is 0 Å². The summed E-state index contributed by atoms with van der Waals surface area (Å²) in [4.78, 5) is 9.29. The Balaban J connectivity index is 1.66. The summed E-state index contributed by atoms with van der Waals surface area (Å²) in [5, 5.41) is 28.1. The minimum Gasteiger partial charge on any atom is -0.377 e. The van der Waals surface area contributed by atoms with Gasteiger partial charge in [0, 0.05) is 24.0 Å². The lowest BCUT2D eigenvalue weighted by Gasteiger charge is -2.18. The van der Waals surface area contributed by atoms with Gasteiger partial charge in [-0.2, -0.15) is 15.5 Å². The molecule has 0 saturated heterocycles. The summed E-state index contributed by atoms with van der Waals surface area (Å²) in [6.07, 6.45) is 5.03. The van der Waals surface area contributed by atoms with Gasteiger partial charge < -0.3 is 16.0 Å². The average molecular weight is 486 g/mol. The van der Waals surface area contributed by atoms with Crippen LogP contribution in [0.1, 0.15) is 33.4 Å². The van der Waals surface area contributed by atoms with Crippen molar-refractivity contribution in [3.05, 3.63) is 106 Å². The molecule has 0 radical (unpaired) electrons. The van der Waals surface area contributed by atoms with Crippen LogP contribution in [0.5, 0.6) is 0 Å². The molecular formula is C30H27N7. The maximum atomic E-state index is 9.05. The molecule has 7 nitrogen and oxygen atoms in total. The molecule has 0 spiro atoms. The Labute approximate surface area is 217 Å². The van der Waals surface area contributed by atoms with Crippen molar-refractivity contribution in [3.8, 4) is 12.1 Å². The summed E-state index contributed by atoms with van der Waals surface area (Å²) in [6, 6.07) is 23.6. The largest absolute Gasteiger partial charge is 0.377 e. The van der Waals surface area contributed by atoms with Crippen molar-refractivity contribution in [2.24, 2.45) is 0 Å². The third-order valence-electron chi connectivity index (χ3n) is 5.94. The van der Waals surface area contributed by atoms with Crippen LogP contribution >= 0.6 is 0 Å². The molecule has 0 unspecified atom stereocenters. The molecule has 1 aromatic heterocycles. The lowest BCUT2D eigenvalue weighted by molar-refractivity contribution is 1.09. The molecule has 3 aromatic carbocycles. The van der Waals surface area contributed by atoms with E-state index in [9.17, 15) is 0 Å². The molecule has 3 N–H and O–H groups in total. The van der Waals surface area contributed by atoms with Gasteiger partial charge in [0.05, 0.1) is 29.6 Å². The van der Waals surface area contributed by atoms with Crippen molar-refractivity contribution in [1.82, 2.24) is 9.97 Å². The van der Waals surface area contributed by atoms with E-state index in [0.29, 0.717) is 23.9 Å². The number of aryl methyl sites for hydroxylation is 3. The van der Waals surface area contributed by atoms with Crippen molar-refractivity contribution in [3.63, 3.8) is 0 Å². The van der Waals surface area contributed by atoms with Gasteiger partial charge in [0.2, 0.25) is 5.95 Å². The number of hydrogen-bond donors (Lipinski definition) is 3. The van der Waals surface area contributed by atoms with Crippen LogP contribution in [0, 0.1) is 43.4 Å². The third-order valence-corrected chi connectivity index (χ3v) is 5.94. The summed E-state index contributed by atoms with van der Waals surface area (Å²) >= 11 is 0. The van der Waals surface area contributed by atoms with Crippen LogP contribution in [0.3, 0.4) is 0 Å². The Kier molecular flexibility index (Phi) is 7.78. The zero-order chi connectivity index (χ0) is 26.2. The molecule has 0 fully saturated rings. The van der Waals surface area contributed by atoms with Gasteiger partial charge in [0.1, 0.15) is 0 Å². The van der Waals surface area contributed by atoms with Crippen LogP contribution in [-0.2, 0) is 6.54 Å². The zero-order valence-electron chi connectivity index (χ0n) is 21.0. The van der Waals surface area contributed by atoms with Crippen LogP contribution in [0.4, 0.5) is 28.8 Å². The van der Waals surface area contributed by atoms with E-state index in [4.69, 9.17) is 15.5 Å². The number of hydrogen-bond acceptors (Lipinski definition) is 7. The smallest absolute Gasteiger partial charge is 0.229 e. The Morgan fingerprint density at radius 2 is 1.62 bits per heavy atom. The van der Waals surface area contributed by atoms with Gasteiger partial charge in [-0.25, -0.2) is 4.98 Å². The second kappa shape index (κ2) is 11.5. The predicted molar refractivity (Wildman–Crippen MR) is 149 cm³/mol. The lowest BCUT2D eigenvalue weighted by atomic mass is 10.0. The Hall–Kier alpha value is -5.14. The molecule has 1 heterocycles. The number of nitriles is 2. The average Bonchev–Trinajstić information content (AvgIpc) is 2.90. The SMILES string of the molecule is Cc1ccccc1CNc1cnc(Nc2ccc(C#N)cc2)nc1Nc1c(C)cc(/C=C/C#N)cc1C. The van der Waals surface area contributed by atoms with Crippen LogP contribution in [-0.4, -0.2) is 9.97 Å². The first-order chi connectivity index (χ1) is 18.0. The van der Waals surface area contributed by atoms with Gasteiger partial charge >= 0.3 is 0 Å². The van der Waals surface area contributed by atoms with Crippen molar-refractivity contribution >= 4 is 34.9 Å². The van der Waals surface area contributed by atoms with Gasteiger partial charge in [-0.05, 0) is 91.1 Å². The molecule has 0 aliphatic rings. The van der Waals surface area contributed by atoms with E-state index in [1.807, 2.05) is 56.3 Å². The molecule has 4 aromatic rings. The fourth-order valence-corrected chi connectivity index (χ4v) is 3.97. The van der Waals surface area contributed by atoms with Gasteiger partial charge in [-0.3, -0.25) is 0 Å². The molecule has 0 amide bonds. The summed E-state index contributed by atoms with van der Waals surface area (Å²) < 4.78 is 0. The molecule has 182 valence electrons. The molecule has 0 aliphatic heterocycles. The van der Waals surface area contributed by atoms with E-state index < -0.39 is 0 Å². The Morgan fingerprint density at radius 1 is 0.892 bits per heavy atom. The Bertz CT molecular complexity index is 1500. The van der Waals surface area contributed by atoms with Crippen molar-refractivity contribution < 1.29 is 0 Å². The second-order valence-electron chi connectivity index (χ2n) is 8.67. The number of nitrogens with zero attached hydrogens (tertiary/aromatic N) is 4. The summed E-state index contributed by atoms with van der Waals surface area (Å²) in [6.45, 7) is 6.77. The summed E-state index contributed by atoms with van der Waals surface area (Å²) in [5.74, 6) is 1.06. The monoisotopic (exact) mass is 485 g/mol. The van der Waals surface area contributed by atoms with Gasteiger partial charge in [0.25, 0.3) is 0 Å². The third kappa shape index (κ3) is 6.30. The number of allylic oxidation sites excluding steroid dienone is 1. The molecule has 37 heavy (non-hydrogen) atoms. The fraction of sp³-hybridized carbons (Fsp3) is 0.133. The lowest BCUT2D eigenvalue weighted by Crippen LogP contribution is -2.09. The van der Waals surface area contributed by atoms with Crippen LogP contribution in [0.15, 0.2) is 72.9 Å². The molecule has 0 saturated carbocycles. The highest BCUT2D eigenvalue weighted by Crippen LogP contribution is 2.30. The molecule has 0 atom stereocenters. The highest BCUT2D eigenvalue weighted by Gasteiger charge is 2.12. The zero-order valence-corrected chi connectivity index (χ0v) is 21.0. The minimum atomic E-state index is 0.428. The standard InChI is InChI=1S/C30H27N7/c1-20-7-4-5-9-25(20)18-33-27-19-34-30(35-26-12-10-23(17-32)11-13-26)37-29(27)36-28-21(2)15-24(8-6-14-31)16-22(28)3/h4-13,15-16,19,33H,18H2,1-3H3,(H2,34,35,36,37)/b8-6+. The summed E-state index contributed by atoms with van der Waals surface area (Å²) in [5.41, 5.74) is 8.50. The number of rotatable bonds is 8. The second-order valence-corrected chi connectivity index (χ2v) is 8.67. The number of nitrogens with one attached hydrogen (secondary N) is 3. The minimum absolute atomic E-state index is 0.428. The fourth-order valence-electron chi connectivity index (χ4n) is 3.97. The maximum absolute atomic E-state index is 9.05. The van der Waals surface area contributed by atoms with Crippen molar-refractivity contribution in [2.45, 2.75) is 27.3 Å². The van der Waals surface area contributed by atoms with Crippen molar-refractivity contribution in [2.75, 3.05) is 16.0 Å². The highest BCUT2D eigenvalue weighted by atomic mass is 15.2. The van der Waals surface area contributed by atoms with E-state index >= 15 is 0 Å². The predicted octanol–water partition coefficient (Wildman–Crippen LogP) is 6.91. The molecule has 0 aliphatic carbocycles. The highest BCUT2D eigenvalue weighted by molar-refractivity contribution is 5.76. The first-order valence-corrected chi connectivity index (χ1v) is 11.8. The van der Waals surface area contributed by atoms with Crippen LogP contribution < -0.4 is 16.0 Å². The number of anilines is 5. The van der Waals surface area contributed by atoms with Gasteiger partial charge in [-0.15, -0.1) is 0 Å². The number of benzene rings is 3. The van der Waals surface area contributed by atoms with Crippen LogP contribution in [0.25, 0.3) is 6.08 Å². The molecule has 0 bridgehead atoms. The maximum Gasteiger partial charge on any atom is 0.229 e. The molecule has 7 heteroatoms. The normalized spacial score (nSPS) is 10.5. The van der Waals surface area contributed by atoms with Gasteiger partial charge in [0.15, 0.2) is 5.82 Å². The van der Waals surface area contributed by atoms with Gasteiger partial charge in [-0.1, -0.05) is 24.3 Å². The van der Waals surface area contributed by atoms with Crippen LogP contribution in [0.2, 0.25) is 0 Å². The topological polar surface area (TPSA) is 109 Å². The van der Waals surface area contributed by atoms with Crippen molar-refractivity contribution in [1.29, 1.82) is 10.5 Å². The quantitative estimate of drug-likeness (QED) is 0.233. The van der Waals surface area contributed by atoms with E-state index in [0.717, 1.165) is 33.8 Å². The van der Waals surface area contributed by atoms with E-state index in [2.05, 4.69) is 46.1 Å². The van der Waals surface area contributed by atoms with E-state index in [1.54, 1.807) is 24.4 Å². The first-order valence-electron chi connectivity index (χ1n) is 11.8. The molecule has 4 rings (SSSR count).